The lowest BCUT2D eigenvalue weighted by atomic mass is 9.91. The fourth-order valence-electron chi connectivity index (χ4n) is 4.43. The van der Waals surface area contributed by atoms with E-state index < -0.39 is 5.97 Å². The monoisotopic (exact) mass is 408 g/mol. The number of carbonyl (C=O) groups is 1. The average molecular weight is 409 g/mol. The highest BCUT2D eigenvalue weighted by Gasteiger charge is 2.26. The number of aryl methyl sites for hydroxylation is 1. The smallest absolute Gasteiger partial charge is 0.352 e. The van der Waals surface area contributed by atoms with Gasteiger partial charge in [-0.3, -0.25) is 0 Å². The first-order chi connectivity index (χ1) is 13.1. The van der Waals surface area contributed by atoms with Crippen molar-refractivity contribution in [1.82, 2.24) is 9.30 Å². The summed E-state index contributed by atoms with van der Waals surface area (Å²) in [7, 11) is 1.70. The molecule has 2 aromatic heterocycles. The maximum Gasteiger partial charge on any atom is 0.352 e. The molecule has 0 amide bonds. The predicted molar refractivity (Wildman–Crippen MR) is 115 cm³/mol. The van der Waals surface area contributed by atoms with Gasteiger partial charge in [0.05, 0.1) is 18.3 Å². The van der Waals surface area contributed by atoms with Crippen LogP contribution in [0.3, 0.4) is 0 Å². The molecule has 5 nitrogen and oxygen atoms in total. The number of hydrogen-bond donors (Lipinski definition) is 1. The van der Waals surface area contributed by atoms with Gasteiger partial charge in [0.25, 0.3) is 0 Å². The number of carboxylic acids is 1. The number of carboxylic acid groups (broad SMARTS) is 1. The number of fused-ring (bicyclic) bond motifs is 1. The van der Waals surface area contributed by atoms with Crippen LogP contribution in [0.4, 0.5) is 0 Å². The molecule has 6 heteroatoms. The standard InChI is InChI=1S/C22H32N2O3.ClH/c1-4-6-12-23-13-10-16(11-14-23)15-20-21(27-3)17(5-2)18-8-7-9-19(22(25)26)24(18)20;/h7-9,16H,4-6,10-15H2,1-3H3,(H,25,26);1H. The Morgan fingerprint density at radius 1 is 1.25 bits per heavy atom. The molecule has 1 aliphatic heterocycles. The van der Waals surface area contributed by atoms with Crippen molar-refractivity contribution in [3.63, 3.8) is 0 Å². The molecule has 3 rings (SSSR count). The van der Waals surface area contributed by atoms with Gasteiger partial charge >= 0.3 is 5.97 Å². The molecule has 3 heterocycles. The highest BCUT2D eigenvalue weighted by Crippen LogP contribution is 2.36. The number of nitrogens with zero attached hydrogens (tertiary/aromatic N) is 2. The molecule has 1 N–H and O–H groups in total. The summed E-state index contributed by atoms with van der Waals surface area (Å²) in [5.74, 6) is 0.553. The summed E-state index contributed by atoms with van der Waals surface area (Å²) in [6.07, 6.45) is 6.53. The lowest BCUT2D eigenvalue weighted by molar-refractivity contribution is 0.0688. The Labute approximate surface area is 174 Å². The lowest BCUT2D eigenvalue weighted by Crippen LogP contribution is -2.35. The number of pyridine rings is 1. The molecule has 2 aromatic rings. The largest absolute Gasteiger partial charge is 0.495 e. The van der Waals surface area contributed by atoms with Crippen LogP contribution in [0.25, 0.3) is 5.52 Å². The zero-order valence-corrected chi connectivity index (χ0v) is 18.1. The third-order valence-corrected chi connectivity index (χ3v) is 5.90. The van der Waals surface area contributed by atoms with Gasteiger partial charge in [0.2, 0.25) is 0 Å². The second-order valence-electron chi connectivity index (χ2n) is 7.59. The number of likely N-dealkylation sites (tertiary alicyclic amines) is 1. The van der Waals surface area contributed by atoms with Crippen LogP contribution in [0.1, 0.15) is 61.3 Å². The molecular formula is C22H33ClN2O3. The predicted octanol–water partition coefficient (Wildman–Crippen LogP) is 4.68. The van der Waals surface area contributed by atoms with E-state index in [0.717, 1.165) is 61.3 Å². The number of hydrogen-bond acceptors (Lipinski definition) is 3. The average Bonchev–Trinajstić information content (AvgIpc) is 2.99. The molecule has 0 unspecified atom stereocenters. The zero-order valence-electron chi connectivity index (χ0n) is 17.2. The number of aromatic carboxylic acids is 1. The molecule has 1 fully saturated rings. The topological polar surface area (TPSA) is 54.2 Å². The molecule has 0 aromatic carbocycles. The molecule has 0 atom stereocenters. The second-order valence-corrected chi connectivity index (χ2v) is 7.59. The van der Waals surface area contributed by atoms with E-state index in [9.17, 15) is 9.90 Å². The number of rotatable bonds is 8. The first kappa shape index (κ1) is 22.6. The number of piperidine rings is 1. The van der Waals surface area contributed by atoms with Crippen LogP contribution in [-0.4, -0.2) is 47.1 Å². The van der Waals surface area contributed by atoms with Gasteiger partial charge in [0.1, 0.15) is 11.4 Å². The van der Waals surface area contributed by atoms with Gasteiger partial charge in [-0.2, -0.15) is 0 Å². The number of halogens is 1. The van der Waals surface area contributed by atoms with Gasteiger partial charge in [-0.05, 0) is 69.8 Å². The van der Waals surface area contributed by atoms with Crippen molar-refractivity contribution in [3.8, 4) is 5.75 Å². The lowest BCUT2D eigenvalue weighted by Gasteiger charge is -2.32. The Bertz CT molecular complexity index is 795. The second kappa shape index (κ2) is 10.2. The Kier molecular flexibility index (Phi) is 8.20. The molecule has 0 aliphatic carbocycles. The summed E-state index contributed by atoms with van der Waals surface area (Å²) in [4.78, 5) is 14.4. The van der Waals surface area contributed by atoms with E-state index in [2.05, 4.69) is 18.7 Å². The van der Waals surface area contributed by atoms with Crippen LogP contribution < -0.4 is 4.74 Å². The van der Waals surface area contributed by atoms with Gasteiger partial charge in [0, 0.05) is 5.56 Å². The van der Waals surface area contributed by atoms with Crippen molar-refractivity contribution in [2.75, 3.05) is 26.7 Å². The maximum absolute atomic E-state index is 11.8. The molecule has 0 saturated carbocycles. The Balaban J connectivity index is 0.00000280. The van der Waals surface area contributed by atoms with Crippen molar-refractivity contribution in [3.05, 3.63) is 35.2 Å². The fraction of sp³-hybridized carbons (Fsp3) is 0.591. The van der Waals surface area contributed by atoms with Crippen molar-refractivity contribution < 1.29 is 14.6 Å². The van der Waals surface area contributed by atoms with E-state index in [0.29, 0.717) is 11.6 Å². The summed E-state index contributed by atoms with van der Waals surface area (Å²) < 4.78 is 7.70. The van der Waals surface area contributed by atoms with E-state index in [-0.39, 0.29) is 12.4 Å². The van der Waals surface area contributed by atoms with Crippen LogP contribution in [0.5, 0.6) is 5.75 Å². The molecule has 1 saturated heterocycles. The van der Waals surface area contributed by atoms with Crippen LogP contribution in [-0.2, 0) is 12.8 Å². The van der Waals surface area contributed by atoms with Crippen molar-refractivity contribution >= 4 is 23.9 Å². The molecule has 156 valence electrons. The number of methoxy groups -OCH3 is 1. The van der Waals surface area contributed by atoms with E-state index in [1.54, 1.807) is 13.2 Å². The third-order valence-electron chi connectivity index (χ3n) is 5.90. The van der Waals surface area contributed by atoms with Gasteiger partial charge in [-0.25, -0.2) is 4.79 Å². The first-order valence-corrected chi connectivity index (χ1v) is 10.2. The highest BCUT2D eigenvalue weighted by molar-refractivity contribution is 5.88. The van der Waals surface area contributed by atoms with Crippen molar-refractivity contribution in [1.29, 1.82) is 0 Å². The first-order valence-electron chi connectivity index (χ1n) is 10.2. The van der Waals surface area contributed by atoms with Gasteiger partial charge in [-0.1, -0.05) is 26.3 Å². The molecule has 0 radical (unpaired) electrons. The summed E-state index contributed by atoms with van der Waals surface area (Å²) in [5, 5.41) is 9.71. The zero-order chi connectivity index (χ0) is 19.4. The SMILES string of the molecule is CCCCN1CCC(Cc2c(OC)c(CC)c3cccc(C(=O)O)n23)CC1.Cl. The van der Waals surface area contributed by atoms with Crippen LogP contribution >= 0.6 is 12.4 Å². The van der Waals surface area contributed by atoms with Crippen LogP contribution in [0.2, 0.25) is 0 Å². The van der Waals surface area contributed by atoms with E-state index in [1.165, 1.54) is 19.4 Å². The van der Waals surface area contributed by atoms with Gasteiger partial charge in [-0.15, -0.1) is 12.4 Å². The summed E-state index contributed by atoms with van der Waals surface area (Å²) in [6.45, 7) is 7.82. The molecule has 0 spiro atoms. The number of ether oxygens (including phenoxy) is 1. The van der Waals surface area contributed by atoms with Crippen LogP contribution in [0, 0.1) is 5.92 Å². The van der Waals surface area contributed by atoms with E-state index >= 15 is 0 Å². The van der Waals surface area contributed by atoms with Gasteiger partial charge < -0.3 is 19.1 Å². The minimum atomic E-state index is -0.892. The molecule has 0 bridgehead atoms. The van der Waals surface area contributed by atoms with Crippen molar-refractivity contribution in [2.24, 2.45) is 5.92 Å². The molecule has 28 heavy (non-hydrogen) atoms. The summed E-state index contributed by atoms with van der Waals surface area (Å²) in [5.41, 5.74) is 3.41. The van der Waals surface area contributed by atoms with Gasteiger partial charge in [0.15, 0.2) is 0 Å². The summed E-state index contributed by atoms with van der Waals surface area (Å²) in [6, 6.07) is 5.52. The minimum absolute atomic E-state index is 0. The van der Waals surface area contributed by atoms with Crippen molar-refractivity contribution in [2.45, 2.75) is 52.4 Å². The van der Waals surface area contributed by atoms with E-state index in [4.69, 9.17) is 4.74 Å². The Morgan fingerprint density at radius 2 is 1.96 bits per heavy atom. The van der Waals surface area contributed by atoms with Crippen LogP contribution in [0.15, 0.2) is 18.2 Å². The molecular weight excluding hydrogens is 376 g/mol. The highest BCUT2D eigenvalue weighted by atomic mass is 35.5. The number of unbranched alkanes of at least 4 members (excludes halogenated alkanes) is 1. The molecule has 1 aliphatic rings. The Morgan fingerprint density at radius 3 is 2.54 bits per heavy atom. The normalized spacial score (nSPS) is 15.5. The summed E-state index contributed by atoms with van der Waals surface area (Å²) >= 11 is 0. The maximum atomic E-state index is 11.8. The third kappa shape index (κ3) is 4.47. The Hall–Kier alpha value is -1.72. The number of aromatic nitrogens is 1. The fourth-order valence-corrected chi connectivity index (χ4v) is 4.43. The quantitative estimate of drug-likeness (QED) is 0.688. The van der Waals surface area contributed by atoms with E-state index in [1.807, 2.05) is 16.5 Å². The minimum Gasteiger partial charge on any atom is -0.495 e.